The molecule has 0 aliphatic rings. The van der Waals surface area contributed by atoms with Crippen molar-refractivity contribution in [3.05, 3.63) is 23.8 Å². The number of methoxy groups -OCH3 is 1. The van der Waals surface area contributed by atoms with Crippen LogP contribution in [0.3, 0.4) is 0 Å². The number of carbonyl (C=O) groups excluding carboxylic acids is 1. The minimum absolute atomic E-state index is 0. The number of nitrogens with two attached hydrogens (primary N) is 1. The topological polar surface area (TPSA) is 75.8 Å². The second-order valence-electron chi connectivity index (χ2n) is 4.85. The molecule has 0 saturated carbocycles. The van der Waals surface area contributed by atoms with Crippen molar-refractivity contribution in [2.45, 2.75) is 26.4 Å². The number of phenols is 1. The van der Waals surface area contributed by atoms with Gasteiger partial charge in [-0.2, -0.15) is 0 Å². The van der Waals surface area contributed by atoms with E-state index in [1.54, 1.807) is 30.1 Å². The van der Waals surface area contributed by atoms with E-state index in [0.29, 0.717) is 12.3 Å². The fourth-order valence-corrected chi connectivity index (χ4v) is 1.74. The second-order valence-corrected chi connectivity index (χ2v) is 4.85. The van der Waals surface area contributed by atoms with Crippen LogP contribution in [0.25, 0.3) is 0 Å². The molecule has 5 nitrogen and oxygen atoms in total. The molecule has 0 bridgehead atoms. The van der Waals surface area contributed by atoms with Crippen LogP contribution < -0.4 is 10.5 Å². The summed E-state index contributed by atoms with van der Waals surface area (Å²) in [5.41, 5.74) is 6.62. The highest BCUT2D eigenvalue weighted by Crippen LogP contribution is 2.26. The first-order valence-corrected chi connectivity index (χ1v) is 6.23. The van der Waals surface area contributed by atoms with Crippen molar-refractivity contribution in [3.8, 4) is 11.5 Å². The van der Waals surface area contributed by atoms with Gasteiger partial charge in [-0.3, -0.25) is 4.79 Å². The highest BCUT2D eigenvalue weighted by atomic mass is 35.5. The van der Waals surface area contributed by atoms with Crippen LogP contribution in [-0.2, 0) is 11.3 Å². The minimum atomic E-state index is -0.219. The second kappa shape index (κ2) is 7.97. The molecule has 0 aliphatic carbocycles. The quantitative estimate of drug-likeness (QED) is 0.869. The summed E-state index contributed by atoms with van der Waals surface area (Å²) in [4.78, 5) is 13.7. The first-order chi connectivity index (χ1) is 8.86. The first-order valence-electron chi connectivity index (χ1n) is 6.23. The molecule has 1 aromatic rings. The van der Waals surface area contributed by atoms with E-state index < -0.39 is 0 Å². The number of nitrogens with zero attached hydrogens (tertiary/aromatic N) is 1. The van der Waals surface area contributed by atoms with Gasteiger partial charge in [-0.25, -0.2) is 0 Å². The van der Waals surface area contributed by atoms with E-state index in [0.717, 1.165) is 5.56 Å². The molecule has 0 spiro atoms. The Bertz CT molecular complexity index is 452. The lowest BCUT2D eigenvalue weighted by Gasteiger charge is -2.23. The number of aromatic hydroxyl groups is 1. The van der Waals surface area contributed by atoms with Crippen molar-refractivity contribution in [1.29, 1.82) is 0 Å². The van der Waals surface area contributed by atoms with Crippen LogP contribution in [0.1, 0.15) is 19.4 Å². The third-order valence-corrected chi connectivity index (χ3v) is 3.22. The Morgan fingerprint density at radius 1 is 1.45 bits per heavy atom. The van der Waals surface area contributed by atoms with Gasteiger partial charge in [0.2, 0.25) is 5.91 Å². The number of phenolic OH excluding ortho intramolecular Hbond substituents is 1. The number of hydrogen-bond acceptors (Lipinski definition) is 4. The SMILES string of the molecule is COc1cc(CN(C)C(=O)C(C)C(C)N)ccc1O.Cl. The molecule has 20 heavy (non-hydrogen) atoms. The van der Waals surface area contributed by atoms with Crippen LogP contribution in [0, 0.1) is 5.92 Å². The predicted octanol–water partition coefficient (Wildman–Crippen LogP) is 1.76. The largest absolute Gasteiger partial charge is 0.504 e. The average molecular weight is 303 g/mol. The van der Waals surface area contributed by atoms with Crippen LogP contribution in [0.5, 0.6) is 11.5 Å². The van der Waals surface area contributed by atoms with Crippen molar-refractivity contribution in [2.24, 2.45) is 11.7 Å². The van der Waals surface area contributed by atoms with Gasteiger partial charge in [0.1, 0.15) is 0 Å². The maximum absolute atomic E-state index is 12.1. The van der Waals surface area contributed by atoms with E-state index in [1.807, 2.05) is 13.8 Å². The van der Waals surface area contributed by atoms with Gasteiger partial charge in [0.15, 0.2) is 11.5 Å². The Kier molecular flexibility index (Phi) is 7.39. The molecule has 0 aliphatic heterocycles. The molecule has 0 radical (unpaired) electrons. The Labute approximate surface area is 126 Å². The third kappa shape index (κ3) is 4.58. The number of carbonyl (C=O) groups is 1. The molecular weight excluding hydrogens is 280 g/mol. The lowest BCUT2D eigenvalue weighted by atomic mass is 10.0. The van der Waals surface area contributed by atoms with Crippen LogP contribution in [0.2, 0.25) is 0 Å². The fraction of sp³-hybridized carbons (Fsp3) is 0.500. The number of benzene rings is 1. The molecule has 1 aromatic carbocycles. The van der Waals surface area contributed by atoms with Gasteiger partial charge < -0.3 is 20.5 Å². The summed E-state index contributed by atoms with van der Waals surface area (Å²) in [5.74, 6) is 0.272. The summed E-state index contributed by atoms with van der Waals surface area (Å²) in [6.07, 6.45) is 0. The minimum Gasteiger partial charge on any atom is -0.504 e. The zero-order chi connectivity index (χ0) is 14.6. The molecule has 114 valence electrons. The van der Waals surface area contributed by atoms with Crippen molar-refractivity contribution in [2.75, 3.05) is 14.2 Å². The van der Waals surface area contributed by atoms with E-state index >= 15 is 0 Å². The molecule has 0 fully saturated rings. The van der Waals surface area contributed by atoms with E-state index in [2.05, 4.69) is 0 Å². The Balaban J connectivity index is 0.00000361. The Morgan fingerprint density at radius 2 is 2.05 bits per heavy atom. The number of amides is 1. The molecule has 3 N–H and O–H groups in total. The number of hydrogen-bond donors (Lipinski definition) is 2. The maximum Gasteiger partial charge on any atom is 0.226 e. The van der Waals surface area contributed by atoms with Crippen molar-refractivity contribution in [1.82, 2.24) is 4.90 Å². The third-order valence-electron chi connectivity index (χ3n) is 3.22. The van der Waals surface area contributed by atoms with Crippen molar-refractivity contribution < 1.29 is 14.6 Å². The monoisotopic (exact) mass is 302 g/mol. The fourth-order valence-electron chi connectivity index (χ4n) is 1.74. The van der Waals surface area contributed by atoms with E-state index in [1.165, 1.54) is 7.11 Å². The number of ether oxygens (including phenoxy) is 1. The predicted molar refractivity (Wildman–Crippen MR) is 81.2 cm³/mol. The maximum atomic E-state index is 12.1. The number of rotatable bonds is 5. The molecular formula is C14H23ClN2O3. The Morgan fingerprint density at radius 3 is 2.55 bits per heavy atom. The molecule has 0 saturated heterocycles. The summed E-state index contributed by atoms with van der Waals surface area (Å²) < 4.78 is 5.04. The standard InChI is InChI=1S/C14H22N2O3.ClH/c1-9(10(2)15)14(18)16(3)8-11-5-6-12(17)13(7-11)19-4;/h5-7,9-10,17H,8,15H2,1-4H3;1H. The van der Waals surface area contributed by atoms with Crippen LogP contribution in [0.15, 0.2) is 18.2 Å². The normalized spacial score (nSPS) is 13.1. The van der Waals surface area contributed by atoms with Gasteiger partial charge in [0.25, 0.3) is 0 Å². The lowest BCUT2D eigenvalue weighted by molar-refractivity contribution is -0.134. The zero-order valence-electron chi connectivity index (χ0n) is 12.3. The summed E-state index contributed by atoms with van der Waals surface area (Å²) in [7, 11) is 3.23. The molecule has 2 atom stereocenters. The first kappa shape index (κ1) is 18.5. The smallest absolute Gasteiger partial charge is 0.226 e. The molecule has 1 amide bonds. The van der Waals surface area contributed by atoms with Crippen LogP contribution >= 0.6 is 12.4 Å². The van der Waals surface area contributed by atoms with Gasteiger partial charge in [-0.05, 0) is 24.6 Å². The Hall–Kier alpha value is -1.46. The van der Waals surface area contributed by atoms with Gasteiger partial charge in [-0.15, -0.1) is 12.4 Å². The summed E-state index contributed by atoms with van der Waals surface area (Å²) in [6.45, 7) is 4.09. The zero-order valence-corrected chi connectivity index (χ0v) is 13.1. The highest BCUT2D eigenvalue weighted by molar-refractivity contribution is 5.85. The highest BCUT2D eigenvalue weighted by Gasteiger charge is 2.21. The summed E-state index contributed by atoms with van der Waals surface area (Å²) >= 11 is 0. The average Bonchev–Trinajstić information content (AvgIpc) is 2.38. The van der Waals surface area contributed by atoms with Crippen molar-refractivity contribution in [3.63, 3.8) is 0 Å². The van der Waals surface area contributed by atoms with Crippen LogP contribution in [0.4, 0.5) is 0 Å². The van der Waals surface area contributed by atoms with Gasteiger partial charge in [0, 0.05) is 19.6 Å². The molecule has 0 heterocycles. The van der Waals surface area contributed by atoms with Gasteiger partial charge in [0.05, 0.1) is 13.0 Å². The summed E-state index contributed by atoms with van der Waals surface area (Å²) in [5, 5.41) is 9.52. The summed E-state index contributed by atoms with van der Waals surface area (Å²) in [6, 6.07) is 4.86. The molecule has 0 aromatic heterocycles. The van der Waals surface area contributed by atoms with Gasteiger partial charge >= 0.3 is 0 Å². The van der Waals surface area contributed by atoms with E-state index in [-0.39, 0.29) is 36.0 Å². The molecule has 6 heteroatoms. The van der Waals surface area contributed by atoms with E-state index in [9.17, 15) is 9.90 Å². The van der Waals surface area contributed by atoms with Gasteiger partial charge in [-0.1, -0.05) is 13.0 Å². The van der Waals surface area contributed by atoms with Crippen LogP contribution in [-0.4, -0.2) is 36.1 Å². The number of halogens is 1. The lowest BCUT2D eigenvalue weighted by Crippen LogP contribution is -2.39. The molecule has 1 rings (SSSR count). The van der Waals surface area contributed by atoms with E-state index in [4.69, 9.17) is 10.5 Å². The van der Waals surface area contributed by atoms with Crippen molar-refractivity contribution >= 4 is 18.3 Å². The molecule has 2 unspecified atom stereocenters.